The number of aromatic nitrogens is 2. The summed E-state index contributed by atoms with van der Waals surface area (Å²) < 4.78 is 30.8. The summed E-state index contributed by atoms with van der Waals surface area (Å²) >= 11 is 0. The Hall–Kier alpha value is -3.81. The molecule has 2 heterocycles. The molecule has 2 nitrogen and oxygen atoms in total. The van der Waals surface area contributed by atoms with Gasteiger partial charge in [-0.1, -0.05) is 124 Å². The third-order valence-electron chi connectivity index (χ3n) is 7.63. The third kappa shape index (κ3) is 9.85. The van der Waals surface area contributed by atoms with E-state index in [2.05, 4.69) is 110 Å². The van der Waals surface area contributed by atoms with Gasteiger partial charge in [0, 0.05) is 41.1 Å². The predicted octanol–water partition coefficient (Wildman–Crippen LogP) is 9.58. The fourth-order valence-electron chi connectivity index (χ4n) is 4.97. The molecule has 0 atom stereocenters. The van der Waals surface area contributed by atoms with Gasteiger partial charge in [0.15, 0.2) is 0 Å². The number of hydrogen-bond donors (Lipinski definition) is 0. The fourth-order valence-corrected chi connectivity index (χ4v) is 7.40. The van der Waals surface area contributed by atoms with Crippen molar-refractivity contribution >= 4 is 26.5 Å². The third-order valence-corrected chi connectivity index (χ3v) is 11.7. The van der Waals surface area contributed by atoms with Crippen LogP contribution >= 0.6 is 0 Å². The summed E-state index contributed by atoms with van der Waals surface area (Å²) in [4.78, 5) is 9.18. The first kappa shape index (κ1) is 33.1. The molecule has 0 aliphatic carbocycles. The SMILES string of the molecule is C[Si](C)(C)c1ccc(-c2[c-]ccc(-c3ccccc3)c2)nc1.[2H]C([2H])(c1ccccc1)c1cc(-c2[c-]cc(F)cc2)ncc1[Si](C)(C)C.[Ir]. The largest absolute Gasteiger partial charge is 0.305 e. The number of rotatable bonds is 7. The maximum atomic E-state index is 13.2. The second-order valence-corrected chi connectivity index (χ2v) is 23.4. The van der Waals surface area contributed by atoms with Crippen molar-refractivity contribution in [1.82, 2.24) is 9.97 Å². The molecule has 47 heavy (non-hydrogen) atoms. The maximum Gasteiger partial charge on any atom is 0.0799 e. The van der Waals surface area contributed by atoms with Gasteiger partial charge >= 0.3 is 0 Å². The molecule has 0 bridgehead atoms. The zero-order valence-electron chi connectivity index (χ0n) is 29.7. The molecule has 0 saturated heterocycles. The van der Waals surface area contributed by atoms with E-state index in [9.17, 15) is 4.39 Å². The van der Waals surface area contributed by atoms with Gasteiger partial charge in [-0.2, -0.15) is 0 Å². The molecule has 0 N–H and O–H groups in total. The summed E-state index contributed by atoms with van der Waals surface area (Å²) in [6.07, 6.45) is 2.17. The molecule has 0 aliphatic rings. The Balaban J connectivity index is 0.000000219. The fraction of sp³-hybridized carbons (Fsp3) is 0.171. The zero-order chi connectivity index (χ0) is 34.5. The molecular weight excluding hydrogens is 788 g/mol. The van der Waals surface area contributed by atoms with Gasteiger partial charge in [0.2, 0.25) is 0 Å². The van der Waals surface area contributed by atoms with Crippen molar-refractivity contribution in [2.45, 2.75) is 45.7 Å². The van der Waals surface area contributed by atoms with Crippen LogP contribution in [0.4, 0.5) is 4.39 Å². The Bertz CT molecular complexity index is 1960. The quantitative estimate of drug-likeness (QED) is 0.118. The van der Waals surface area contributed by atoms with Gasteiger partial charge in [0.1, 0.15) is 0 Å². The van der Waals surface area contributed by atoms with Gasteiger partial charge < -0.3 is 9.97 Å². The standard InChI is InChI=1S/C21H21FNSi.C20H20NSi.Ir/c1-24(2,3)21-15-23-20(17-9-11-19(22)12-10-17)14-18(21)13-16-7-5-4-6-8-16;1-22(2,3)19-12-13-20(21-15-19)18-11-7-10-17(14-18)16-8-5-4-6-9-16;/h4-9,11-12,14-15H,13H2,1-3H3;4-10,12-15H,1-3H3;/q2*-1;/i13D2;;. The maximum absolute atomic E-state index is 13.2. The van der Waals surface area contributed by atoms with E-state index in [4.69, 9.17) is 2.74 Å². The molecule has 0 saturated carbocycles. The molecule has 0 fully saturated rings. The summed E-state index contributed by atoms with van der Waals surface area (Å²) in [5, 5.41) is 2.37. The molecule has 241 valence electrons. The number of halogens is 1. The first-order chi connectivity index (χ1) is 22.7. The molecule has 6 heteroatoms. The van der Waals surface area contributed by atoms with Crippen LogP contribution < -0.4 is 10.4 Å². The van der Waals surface area contributed by atoms with Crippen molar-refractivity contribution in [2.24, 2.45) is 0 Å². The first-order valence-corrected chi connectivity index (χ1v) is 22.5. The summed E-state index contributed by atoms with van der Waals surface area (Å²) in [7, 11) is -3.12. The van der Waals surface area contributed by atoms with E-state index in [1.54, 1.807) is 30.5 Å². The molecule has 0 unspecified atom stereocenters. The second-order valence-electron chi connectivity index (χ2n) is 13.3. The zero-order valence-corrected chi connectivity index (χ0v) is 32.1. The Labute approximate surface area is 298 Å². The van der Waals surface area contributed by atoms with Crippen LogP contribution in [-0.2, 0) is 26.5 Å². The van der Waals surface area contributed by atoms with Crippen molar-refractivity contribution in [3.8, 4) is 33.6 Å². The van der Waals surface area contributed by atoms with Crippen LogP contribution in [0.15, 0.2) is 128 Å². The van der Waals surface area contributed by atoms with Gasteiger partial charge in [0.05, 0.1) is 16.1 Å². The van der Waals surface area contributed by atoms with Crippen LogP contribution in [0, 0.1) is 17.9 Å². The van der Waals surface area contributed by atoms with E-state index in [0.29, 0.717) is 22.4 Å². The van der Waals surface area contributed by atoms with E-state index in [1.807, 2.05) is 36.5 Å². The number of benzene rings is 4. The predicted molar refractivity (Wildman–Crippen MR) is 198 cm³/mol. The second kappa shape index (κ2) is 15.9. The molecule has 2 aromatic heterocycles. The summed E-state index contributed by atoms with van der Waals surface area (Å²) in [6, 6.07) is 42.4. The summed E-state index contributed by atoms with van der Waals surface area (Å²) in [5.41, 5.74) is 6.94. The molecular formula is C41H41FIrN2Si2-2. The summed E-state index contributed by atoms with van der Waals surface area (Å²) in [6.45, 7) is 13.6. The van der Waals surface area contributed by atoms with Gasteiger partial charge in [-0.05, 0) is 39.3 Å². The van der Waals surface area contributed by atoms with Crippen LogP contribution in [0.25, 0.3) is 33.6 Å². The van der Waals surface area contributed by atoms with E-state index < -0.39 is 22.5 Å². The van der Waals surface area contributed by atoms with Crippen LogP contribution in [0.3, 0.4) is 0 Å². The Morgan fingerprint density at radius 2 is 1.34 bits per heavy atom. The monoisotopic (exact) mass is 831 g/mol. The molecule has 0 spiro atoms. The van der Waals surface area contributed by atoms with E-state index >= 15 is 0 Å². The van der Waals surface area contributed by atoms with Crippen LogP contribution in [0.5, 0.6) is 0 Å². The van der Waals surface area contributed by atoms with E-state index in [-0.39, 0.29) is 25.9 Å². The summed E-state index contributed by atoms with van der Waals surface area (Å²) in [5.74, 6) is -0.354. The minimum atomic E-state index is -1.83. The molecule has 1 radical (unpaired) electrons. The van der Waals surface area contributed by atoms with Crippen LogP contribution in [-0.4, -0.2) is 26.1 Å². The van der Waals surface area contributed by atoms with Crippen LogP contribution in [0.2, 0.25) is 39.3 Å². The van der Waals surface area contributed by atoms with Gasteiger partial charge in [-0.25, -0.2) is 0 Å². The topological polar surface area (TPSA) is 25.8 Å². The smallest absolute Gasteiger partial charge is 0.0799 e. The molecule has 0 amide bonds. The minimum absolute atomic E-state index is 0. The van der Waals surface area contributed by atoms with Crippen molar-refractivity contribution in [3.05, 3.63) is 157 Å². The molecule has 6 aromatic rings. The Morgan fingerprint density at radius 3 is 1.94 bits per heavy atom. The van der Waals surface area contributed by atoms with Crippen molar-refractivity contribution < 1.29 is 27.2 Å². The van der Waals surface area contributed by atoms with Crippen molar-refractivity contribution in [2.75, 3.05) is 0 Å². The molecule has 0 aliphatic heterocycles. The molecule has 4 aromatic carbocycles. The van der Waals surface area contributed by atoms with E-state index in [0.717, 1.165) is 16.4 Å². The van der Waals surface area contributed by atoms with E-state index in [1.165, 1.54) is 28.4 Å². The Morgan fingerprint density at radius 1 is 0.660 bits per heavy atom. The van der Waals surface area contributed by atoms with Gasteiger partial charge in [0.25, 0.3) is 0 Å². The number of hydrogen-bond acceptors (Lipinski definition) is 2. The average molecular weight is 831 g/mol. The average Bonchev–Trinajstić information content (AvgIpc) is 3.09. The first-order valence-electron chi connectivity index (χ1n) is 16.5. The van der Waals surface area contributed by atoms with Crippen molar-refractivity contribution in [1.29, 1.82) is 0 Å². The molecule has 6 rings (SSSR count). The van der Waals surface area contributed by atoms with Gasteiger partial charge in [-0.3, -0.25) is 4.39 Å². The Kier molecular flexibility index (Phi) is 11.2. The number of pyridine rings is 2. The van der Waals surface area contributed by atoms with Crippen molar-refractivity contribution in [3.63, 3.8) is 0 Å². The van der Waals surface area contributed by atoms with Crippen LogP contribution in [0.1, 0.15) is 13.9 Å². The van der Waals surface area contributed by atoms with Gasteiger partial charge in [-0.15, -0.1) is 65.2 Å². The normalized spacial score (nSPS) is 12.1. The number of nitrogens with zero attached hydrogens (tertiary/aromatic N) is 2. The minimum Gasteiger partial charge on any atom is -0.305 e.